The smallest absolute Gasteiger partial charge is 0.266 e. The van der Waals surface area contributed by atoms with Gasteiger partial charge in [-0.25, -0.2) is 4.98 Å². The van der Waals surface area contributed by atoms with Crippen molar-refractivity contribution in [1.29, 1.82) is 0 Å². The first-order valence-corrected chi connectivity index (χ1v) is 11.2. The topological polar surface area (TPSA) is 62.3 Å². The summed E-state index contributed by atoms with van der Waals surface area (Å²) in [5.41, 5.74) is 1.78. The van der Waals surface area contributed by atoms with Crippen molar-refractivity contribution in [3.8, 4) is 11.3 Å². The van der Waals surface area contributed by atoms with Gasteiger partial charge in [-0.3, -0.25) is 14.5 Å². The van der Waals surface area contributed by atoms with Gasteiger partial charge in [-0.2, -0.15) is 0 Å². The fourth-order valence-electron chi connectivity index (χ4n) is 2.51. The first kappa shape index (κ1) is 19.0. The van der Waals surface area contributed by atoms with E-state index in [1.807, 2.05) is 53.2 Å². The van der Waals surface area contributed by atoms with Gasteiger partial charge in [0, 0.05) is 15.8 Å². The molecule has 2 aromatic heterocycles. The summed E-state index contributed by atoms with van der Waals surface area (Å²) < 4.78 is 0.382. The van der Waals surface area contributed by atoms with Crippen LogP contribution >= 0.6 is 46.7 Å². The maximum Gasteiger partial charge on any atom is 0.266 e. The molecular formula is C19H13N3O2S4. The van der Waals surface area contributed by atoms with Gasteiger partial charge in [0.25, 0.3) is 5.91 Å². The Morgan fingerprint density at radius 2 is 2.00 bits per heavy atom. The van der Waals surface area contributed by atoms with E-state index in [0.717, 1.165) is 16.1 Å². The fourth-order valence-corrected chi connectivity index (χ4v) is 5.23. The predicted octanol–water partition coefficient (Wildman–Crippen LogP) is 4.71. The summed E-state index contributed by atoms with van der Waals surface area (Å²) in [5.74, 6) is -0.578. The molecule has 1 aliphatic rings. The first-order chi connectivity index (χ1) is 13.6. The minimum Gasteiger partial charge on any atom is -0.300 e. The van der Waals surface area contributed by atoms with Crippen LogP contribution in [-0.2, 0) is 9.59 Å². The highest BCUT2D eigenvalue weighted by molar-refractivity contribution is 8.26. The number of thiophene rings is 1. The van der Waals surface area contributed by atoms with Crippen molar-refractivity contribution in [3.63, 3.8) is 0 Å². The van der Waals surface area contributed by atoms with Gasteiger partial charge < -0.3 is 5.32 Å². The molecule has 1 fully saturated rings. The number of nitrogens with zero attached hydrogens (tertiary/aromatic N) is 2. The third kappa shape index (κ3) is 4.22. The van der Waals surface area contributed by atoms with Crippen molar-refractivity contribution in [3.05, 3.63) is 63.0 Å². The number of rotatable bonds is 5. The minimum absolute atomic E-state index is 0.132. The SMILES string of the molecule is O=C(CN1C(=O)/C(=C\c2cccs2)SC1=S)Nc1nc(-c2ccccc2)cs1. The van der Waals surface area contributed by atoms with Crippen molar-refractivity contribution in [2.45, 2.75) is 0 Å². The van der Waals surface area contributed by atoms with Gasteiger partial charge in [0.2, 0.25) is 5.91 Å². The maximum atomic E-state index is 12.6. The Labute approximate surface area is 179 Å². The van der Waals surface area contributed by atoms with E-state index in [2.05, 4.69) is 10.3 Å². The van der Waals surface area contributed by atoms with Crippen molar-refractivity contribution in [2.24, 2.45) is 0 Å². The summed E-state index contributed by atoms with van der Waals surface area (Å²) in [6, 6.07) is 13.6. The monoisotopic (exact) mass is 443 g/mol. The summed E-state index contributed by atoms with van der Waals surface area (Å²) in [7, 11) is 0. The van der Waals surface area contributed by atoms with Crippen molar-refractivity contribution < 1.29 is 9.59 Å². The second kappa shape index (κ2) is 8.36. The molecule has 1 N–H and O–H groups in total. The van der Waals surface area contributed by atoms with E-state index >= 15 is 0 Å². The first-order valence-electron chi connectivity index (χ1n) is 8.20. The molecule has 1 aromatic carbocycles. The lowest BCUT2D eigenvalue weighted by atomic mass is 10.2. The van der Waals surface area contributed by atoms with E-state index in [0.29, 0.717) is 14.4 Å². The van der Waals surface area contributed by atoms with Gasteiger partial charge >= 0.3 is 0 Å². The van der Waals surface area contributed by atoms with Crippen LogP contribution in [0.3, 0.4) is 0 Å². The quantitative estimate of drug-likeness (QED) is 0.457. The Bertz CT molecular complexity index is 1060. The molecule has 0 bridgehead atoms. The zero-order chi connectivity index (χ0) is 19.5. The molecule has 0 aliphatic carbocycles. The average Bonchev–Trinajstić information content (AvgIpc) is 3.42. The van der Waals surface area contributed by atoms with Crippen LogP contribution in [0.2, 0.25) is 0 Å². The van der Waals surface area contributed by atoms with Crippen LogP contribution in [0, 0.1) is 0 Å². The summed E-state index contributed by atoms with van der Waals surface area (Å²) in [6.07, 6.45) is 1.80. The number of carbonyl (C=O) groups excluding carboxylic acids is 2. The Hall–Kier alpha value is -2.33. The van der Waals surface area contributed by atoms with Gasteiger partial charge in [0.1, 0.15) is 10.9 Å². The van der Waals surface area contributed by atoms with E-state index < -0.39 is 0 Å². The number of benzene rings is 1. The lowest BCUT2D eigenvalue weighted by molar-refractivity contribution is -0.126. The average molecular weight is 444 g/mol. The number of nitrogens with one attached hydrogen (secondary N) is 1. The highest BCUT2D eigenvalue weighted by Gasteiger charge is 2.33. The lowest BCUT2D eigenvalue weighted by Gasteiger charge is -2.13. The summed E-state index contributed by atoms with van der Waals surface area (Å²) >= 11 is 9.37. The number of thiazole rings is 1. The number of hydrogen-bond donors (Lipinski definition) is 1. The van der Waals surface area contributed by atoms with Crippen molar-refractivity contribution in [1.82, 2.24) is 9.88 Å². The van der Waals surface area contributed by atoms with Crippen LogP contribution in [0.25, 0.3) is 17.3 Å². The molecule has 140 valence electrons. The van der Waals surface area contributed by atoms with E-state index in [9.17, 15) is 9.59 Å². The van der Waals surface area contributed by atoms with Gasteiger partial charge in [0.15, 0.2) is 5.13 Å². The van der Waals surface area contributed by atoms with Crippen molar-refractivity contribution in [2.75, 3.05) is 11.9 Å². The molecule has 2 amide bonds. The number of thioether (sulfide) groups is 1. The molecule has 0 radical (unpaired) electrons. The zero-order valence-electron chi connectivity index (χ0n) is 14.3. The Morgan fingerprint density at radius 1 is 1.18 bits per heavy atom. The molecule has 9 heteroatoms. The van der Waals surface area contributed by atoms with Crippen LogP contribution in [0.15, 0.2) is 58.1 Å². The highest BCUT2D eigenvalue weighted by atomic mass is 32.2. The third-order valence-corrected chi connectivity index (χ3v) is 6.77. The number of anilines is 1. The lowest BCUT2D eigenvalue weighted by Crippen LogP contribution is -2.36. The molecule has 1 saturated heterocycles. The number of carbonyl (C=O) groups is 2. The molecule has 5 nitrogen and oxygen atoms in total. The van der Waals surface area contributed by atoms with Gasteiger partial charge in [0.05, 0.1) is 10.6 Å². The normalized spacial score (nSPS) is 15.4. The molecule has 3 heterocycles. The number of aromatic nitrogens is 1. The van der Waals surface area contributed by atoms with Crippen molar-refractivity contribution >= 4 is 74.0 Å². The molecule has 4 rings (SSSR count). The molecule has 3 aromatic rings. The molecule has 1 aliphatic heterocycles. The van der Waals surface area contributed by atoms with E-state index in [1.165, 1.54) is 28.0 Å². The Kier molecular flexibility index (Phi) is 5.67. The Balaban J connectivity index is 1.41. The van der Waals surface area contributed by atoms with E-state index in [1.54, 1.807) is 17.4 Å². The Morgan fingerprint density at radius 3 is 2.75 bits per heavy atom. The maximum absolute atomic E-state index is 12.6. The van der Waals surface area contributed by atoms with E-state index in [4.69, 9.17) is 12.2 Å². The largest absolute Gasteiger partial charge is 0.300 e. The summed E-state index contributed by atoms with van der Waals surface area (Å²) in [6.45, 7) is -0.132. The van der Waals surface area contributed by atoms with Crippen LogP contribution in [0.1, 0.15) is 4.88 Å². The second-order valence-corrected chi connectivity index (χ2v) is 9.25. The molecule has 28 heavy (non-hydrogen) atoms. The summed E-state index contributed by atoms with van der Waals surface area (Å²) in [5, 5.41) is 7.06. The van der Waals surface area contributed by atoms with Crippen LogP contribution < -0.4 is 5.32 Å². The standard InChI is InChI=1S/C19H13N3O2S4/c23-16(21-18-20-14(11-27-18)12-5-2-1-3-6-12)10-22-17(24)15(28-19(22)25)9-13-7-4-8-26-13/h1-9,11H,10H2,(H,20,21,23)/b15-9+. The molecule has 0 spiro atoms. The van der Waals surface area contributed by atoms with Crippen LogP contribution in [0.5, 0.6) is 0 Å². The highest BCUT2D eigenvalue weighted by Crippen LogP contribution is 2.33. The third-order valence-electron chi connectivity index (χ3n) is 3.81. The fraction of sp³-hybridized carbons (Fsp3) is 0.0526. The van der Waals surface area contributed by atoms with Crippen LogP contribution in [-0.4, -0.2) is 32.6 Å². The summed E-state index contributed by atoms with van der Waals surface area (Å²) in [4.78, 5) is 32.2. The second-order valence-electron chi connectivity index (χ2n) is 5.74. The van der Waals surface area contributed by atoms with Crippen LogP contribution in [0.4, 0.5) is 5.13 Å². The van der Waals surface area contributed by atoms with Gasteiger partial charge in [-0.15, -0.1) is 22.7 Å². The number of thiocarbonyl (C=S) groups is 1. The minimum atomic E-state index is -0.331. The van der Waals surface area contributed by atoms with Gasteiger partial charge in [-0.1, -0.05) is 60.4 Å². The number of hydrogen-bond acceptors (Lipinski definition) is 7. The molecule has 0 unspecified atom stereocenters. The zero-order valence-corrected chi connectivity index (χ0v) is 17.6. The molecular weight excluding hydrogens is 430 g/mol. The number of amides is 2. The molecule has 0 atom stereocenters. The predicted molar refractivity (Wildman–Crippen MR) is 120 cm³/mol. The van der Waals surface area contributed by atoms with E-state index in [-0.39, 0.29) is 18.4 Å². The molecule has 0 saturated carbocycles. The van der Waals surface area contributed by atoms with Gasteiger partial charge in [-0.05, 0) is 17.5 Å².